The Bertz CT molecular complexity index is 934. The van der Waals surface area contributed by atoms with E-state index in [1.807, 2.05) is 6.92 Å². The summed E-state index contributed by atoms with van der Waals surface area (Å²) in [5.41, 5.74) is 1.62. The third-order valence-electron chi connectivity index (χ3n) is 4.86. The number of imide groups is 1. The third kappa shape index (κ3) is 4.34. The van der Waals surface area contributed by atoms with Crippen molar-refractivity contribution in [1.29, 1.82) is 0 Å². The van der Waals surface area contributed by atoms with E-state index in [0.29, 0.717) is 29.5 Å². The number of carbonyl (C=O) groups excluding carboxylic acids is 3. The van der Waals surface area contributed by atoms with E-state index in [9.17, 15) is 24.3 Å². The average Bonchev–Trinajstić information content (AvgIpc) is 2.96. The van der Waals surface area contributed by atoms with Crippen molar-refractivity contribution in [2.24, 2.45) is 0 Å². The highest BCUT2D eigenvalue weighted by Gasteiger charge is 2.35. The minimum absolute atomic E-state index is 0.0334. The molecule has 0 aliphatic carbocycles. The molecule has 1 aliphatic heterocycles. The number of rotatable bonds is 8. The smallest absolute Gasteiger partial charge is 0.326 e. The van der Waals surface area contributed by atoms with Gasteiger partial charge in [0.1, 0.15) is 6.04 Å². The molecule has 1 atom stereocenters. The van der Waals surface area contributed by atoms with E-state index < -0.39 is 17.9 Å². The molecule has 2 aromatic rings. The van der Waals surface area contributed by atoms with Crippen molar-refractivity contribution in [3.8, 4) is 0 Å². The number of aliphatic carboxylic acids is 1. The predicted molar refractivity (Wildman–Crippen MR) is 106 cm³/mol. The summed E-state index contributed by atoms with van der Waals surface area (Å²) in [4.78, 5) is 50.0. The summed E-state index contributed by atoms with van der Waals surface area (Å²) >= 11 is 0. The minimum Gasteiger partial charge on any atom is -0.480 e. The molecule has 0 bridgehead atoms. The Morgan fingerprint density at radius 3 is 2.28 bits per heavy atom. The molecule has 0 saturated carbocycles. The highest BCUT2D eigenvalue weighted by molar-refractivity contribution is 6.21. The fourth-order valence-corrected chi connectivity index (χ4v) is 3.28. The molecule has 1 unspecified atom stereocenters. The first-order valence-electron chi connectivity index (χ1n) is 9.50. The molecule has 7 heteroatoms. The van der Waals surface area contributed by atoms with Crippen LogP contribution in [0.2, 0.25) is 0 Å². The molecule has 150 valence electrons. The van der Waals surface area contributed by atoms with Crippen LogP contribution in [0.15, 0.2) is 48.5 Å². The van der Waals surface area contributed by atoms with E-state index in [1.54, 1.807) is 48.5 Å². The Morgan fingerprint density at radius 2 is 1.69 bits per heavy atom. The number of nitrogens with zero attached hydrogens (tertiary/aromatic N) is 1. The van der Waals surface area contributed by atoms with Gasteiger partial charge in [-0.05, 0) is 36.2 Å². The second-order valence-corrected chi connectivity index (χ2v) is 6.95. The van der Waals surface area contributed by atoms with Crippen LogP contribution in [-0.2, 0) is 11.3 Å². The molecule has 29 heavy (non-hydrogen) atoms. The van der Waals surface area contributed by atoms with Crippen molar-refractivity contribution in [2.75, 3.05) is 0 Å². The van der Waals surface area contributed by atoms with Crippen LogP contribution in [0.3, 0.4) is 0 Å². The Labute approximate surface area is 168 Å². The molecule has 0 spiro atoms. The molecule has 1 heterocycles. The van der Waals surface area contributed by atoms with Gasteiger partial charge in [0.05, 0.1) is 17.7 Å². The molecule has 7 nitrogen and oxygen atoms in total. The first-order valence-corrected chi connectivity index (χ1v) is 9.50. The highest BCUT2D eigenvalue weighted by Crippen LogP contribution is 2.24. The van der Waals surface area contributed by atoms with Crippen molar-refractivity contribution in [2.45, 2.75) is 38.8 Å². The van der Waals surface area contributed by atoms with Gasteiger partial charge < -0.3 is 10.4 Å². The molecule has 2 aromatic carbocycles. The topological polar surface area (TPSA) is 104 Å². The maximum atomic E-state index is 12.5. The molecule has 3 rings (SSSR count). The summed E-state index contributed by atoms with van der Waals surface area (Å²) in [6, 6.07) is 12.2. The van der Waals surface area contributed by atoms with E-state index >= 15 is 0 Å². The van der Waals surface area contributed by atoms with Crippen LogP contribution in [0.5, 0.6) is 0 Å². The van der Waals surface area contributed by atoms with Crippen LogP contribution in [0.4, 0.5) is 0 Å². The number of hydrogen-bond donors (Lipinski definition) is 2. The van der Waals surface area contributed by atoms with E-state index in [2.05, 4.69) is 5.32 Å². The largest absolute Gasteiger partial charge is 0.480 e. The van der Waals surface area contributed by atoms with E-state index in [0.717, 1.165) is 11.3 Å². The van der Waals surface area contributed by atoms with Crippen LogP contribution in [0.25, 0.3) is 0 Å². The van der Waals surface area contributed by atoms with Crippen molar-refractivity contribution in [3.63, 3.8) is 0 Å². The van der Waals surface area contributed by atoms with Gasteiger partial charge in [-0.3, -0.25) is 19.3 Å². The van der Waals surface area contributed by atoms with Gasteiger partial charge in [0.2, 0.25) is 0 Å². The molecule has 0 saturated heterocycles. The SMILES string of the molecule is CCCCC(NC(=O)c1cccc(CN2C(=O)c3ccccc3C2=O)c1)C(=O)O. The fourth-order valence-electron chi connectivity index (χ4n) is 3.28. The van der Waals surface area contributed by atoms with Crippen LogP contribution >= 0.6 is 0 Å². The zero-order valence-electron chi connectivity index (χ0n) is 16.1. The van der Waals surface area contributed by atoms with Crippen molar-refractivity contribution in [1.82, 2.24) is 10.2 Å². The Morgan fingerprint density at radius 1 is 1.03 bits per heavy atom. The highest BCUT2D eigenvalue weighted by atomic mass is 16.4. The molecule has 3 amide bonds. The third-order valence-corrected chi connectivity index (χ3v) is 4.86. The van der Waals surface area contributed by atoms with Crippen LogP contribution < -0.4 is 5.32 Å². The number of fused-ring (bicyclic) bond motifs is 1. The lowest BCUT2D eigenvalue weighted by Crippen LogP contribution is -2.40. The van der Waals surface area contributed by atoms with E-state index in [-0.39, 0.29) is 23.9 Å². The number of carboxylic acids is 1. The van der Waals surface area contributed by atoms with Gasteiger partial charge in [0, 0.05) is 5.56 Å². The number of carbonyl (C=O) groups is 4. The number of benzene rings is 2. The summed E-state index contributed by atoms with van der Waals surface area (Å²) in [6.45, 7) is 1.98. The lowest BCUT2D eigenvalue weighted by Gasteiger charge is -2.16. The van der Waals surface area contributed by atoms with Gasteiger partial charge in [-0.2, -0.15) is 0 Å². The second-order valence-electron chi connectivity index (χ2n) is 6.95. The maximum Gasteiger partial charge on any atom is 0.326 e. The summed E-state index contributed by atoms with van der Waals surface area (Å²) in [7, 11) is 0. The van der Waals surface area contributed by atoms with Crippen molar-refractivity contribution in [3.05, 3.63) is 70.8 Å². The summed E-state index contributed by atoms with van der Waals surface area (Å²) in [6.07, 6.45) is 1.87. The zero-order valence-corrected chi connectivity index (χ0v) is 16.1. The summed E-state index contributed by atoms with van der Waals surface area (Å²) < 4.78 is 0. The van der Waals surface area contributed by atoms with E-state index in [4.69, 9.17) is 0 Å². The normalized spacial score (nSPS) is 13.9. The maximum absolute atomic E-state index is 12.5. The Kier molecular flexibility index (Phi) is 6.07. The molecule has 0 aromatic heterocycles. The number of hydrogen-bond acceptors (Lipinski definition) is 4. The first kappa shape index (κ1) is 20.3. The molecule has 2 N–H and O–H groups in total. The van der Waals surface area contributed by atoms with Gasteiger partial charge >= 0.3 is 5.97 Å². The van der Waals surface area contributed by atoms with Crippen molar-refractivity contribution >= 4 is 23.7 Å². The number of nitrogens with one attached hydrogen (secondary N) is 1. The monoisotopic (exact) mass is 394 g/mol. The molecular weight excluding hydrogens is 372 g/mol. The van der Waals surface area contributed by atoms with E-state index in [1.165, 1.54) is 0 Å². The lowest BCUT2D eigenvalue weighted by atomic mass is 10.1. The van der Waals surface area contributed by atoms with Crippen LogP contribution in [0.1, 0.15) is 62.8 Å². The molecule has 0 radical (unpaired) electrons. The minimum atomic E-state index is -1.08. The van der Waals surface area contributed by atoms with Crippen LogP contribution in [-0.4, -0.2) is 39.7 Å². The number of unbranched alkanes of at least 4 members (excludes halogenated alkanes) is 1. The number of amides is 3. The van der Waals surface area contributed by atoms with Gasteiger partial charge in [0.25, 0.3) is 17.7 Å². The summed E-state index contributed by atoms with van der Waals surface area (Å²) in [5.74, 6) is -2.32. The van der Waals surface area contributed by atoms with Gasteiger partial charge in [-0.25, -0.2) is 4.79 Å². The zero-order chi connectivity index (χ0) is 21.0. The predicted octanol–water partition coefficient (Wildman–Crippen LogP) is 2.86. The standard InChI is InChI=1S/C22H22N2O5/c1-2-3-11-18(22(28)29)23-19(25)15-8-6-7-14(12-15)13-24-20(26)16-9-4-5-10-17(16)21(24)27/h4-10,12,18H,2-3,11,13H2,1H3,(H,23,25)(H,28,29). The molecule has 0 fully saturated rings. The Hall–Kier alpha value is -3.48. The van der Waals surface area contributed by atoms with Crippen LogP contribution in [0, 0.1) is 0 Å². The van der Waals surface area contributed by atoms with Gasteiger partial charge in [-0.1, -0.05) is 44.0 Å². The second kappa shape index (κ2) is 8.68. The van der Waals surface area contributed by atoms with Gasteiger partial charge in [0.15, 0.2) is 0 Å². The average molecular weight is 394 g/mol. The first-order chi connectivity index (χ1) is 13.9. The number of carboxylic acid groups (broad SMARTS) is 1. The lowest BCUT2D eigenvalue weighted by molar-refractivity contribution is -0.139. The fraction of sp³-hybridized carbons (Fsp3) is 0.273. The van der Waals surface area contributed by atoms with Gasteiger partial charge in [-0.15, -0.1) is 0 Å². The molecule has 1 aliphatic rings. The van der Waals surface area contributed by atoms with Crippen molar-refractivity contribution < 1.29 is 24.3 Å². The summed E-state index contributed by atoms with van der Waals surface area (Å²) in [5, 5.41) is 11.8. The molecular formula is C22H22N2O5. The quantitative estimate of drug-likeness (QED) is 0.670. The Balaban J connectivity index is 1.73.